The Kier molecular flexibility index (Phi) is 4.62. The van der Waals surface area contributed by atoms with Crippen LogP contribution in [0.3, 0.4) is 0 Å². The maximum absolute atomic E-state index is 12.1. The molecule has 5 nitrogen and oxygen atoms in total. The topological polar surface area (TPSA) is 78.4 Å². The molecule has 118 valence electrons. The molecule has 1 aliphatic heterocycles. The van der Waals surface area contributed by atoms with E-state index in [4.69, 9.17) is 0 Å². The Morgan fingerprint density at radius 2 is 1.95 bits per heavy atom. The lowest BCUT2D eigenvalue weighted by Crippen LogP contribution is -2.51. The quantitative estimate of drug-likeness (QED) is 0.742. The third-order valence-electron chi connectivity index (χ3n) is 5.26. The molecule has 21 heavy (non-hydrogen) atoms. The number of carboxylic acids is 1. The number of nitrogens with one attached hydrogen (secondary N) is 2. The molecule has 3 fully saturated rings. The average Bonchev–Trinajstić information content (AvgIpc) is 3.07. The Morgan fingerprint density at radius 3 is 2.67 bits per heavy atom. The Bertz CT molecular complexity index is 412. The highest BCUT2D eigenvalue weighted by Gasteiger charge is 2.51. The van der Waals surface area contributed by atoms with Crippen LogP contribution < -0.4 is 10.6 Å². The van der Waals surface area contributed by atoms with Crippen molar-refractivity contribution in [2.75, 3.05) is 12.3 Å². The molecule has 2 amide bonds. The molecule has 2 aliphatic carbocycles. The number of hydrogen-bond donors (Lipinski definition) is 3. The molecule has 5 unspecified atom stereocenters. The first kappa shape index (κ1) is 15.0. The summed E-state index contributed by atoms with van der Waals surface area (Å²) in [5, 5.41) is 15.8. The fourth-order valence-electron chi connectivity index (χ4n) is 4.23. The van der Waals surface area contributed by atoms with E-state index in [1.807, 2.05) is 11.8 Å². The van der Waals surface area contributed by atoms with Crippen molar-refractivity contribution >= 4 is 23.8 Å². The maximum Gasteiger partial charge on any atom is 0.315 e. The standard InChI is InChI=1S/C15H24N2O3S/c18-14(19)12-9-4-5-10(7-9)13(12)17-15(20)16-8-11-3-1-2-6-21-11/h9-13H,1-8H2,(H,18,19)(H2,16,17,20). The van der Waals surface area contributed by atoms with E-state index in [0.717, 1.165) is 25.7 Å². The Hall–Kier alpha value is -0.910. The average molecular weight is 312 g/mol. The number of carbonyl (C=O) groups is 2. The van der Waals surface area contributed by atoms with Gasteiger partial charge in [-0.3, -0.25) is 4.79 Å². The number of carboxylic acid groups (broad SMARTS) is 1. The molecule has 5 atom stereocenters. The fraction of sp³-hybridized carbons (Fsp3) is 0.867. The van der Waals surface area contributed by atoms with Crippen LogP contribution in [0.15, 0.2) is 0 Å². The summed E-state index contributed by atoms with van der Waals surface area (Å²) in [5.74, 6) is 0.646. The molecule has 3 rings (SSSR count). The fourth-order valence-corrected chi connectivity index (χ4v) is 5.47. The van der Waals surface area contributed by atoms with Crippen molar-refractivity contribution in [2.24, 2.45) is 17.8 Å². The van der Waals surface area contributed by atoms with Gasteiger partial charge in [-0.15, -0.1) is 0 Å². The van der Waals surface area contributed by atoms with Crippen LogP contribution in [-0.2, 0) is 4.79 Å². The first-order valence-electron chi connectivity index (χ1n) is 8.04. The number of thioether (sulfide) groups is 1. The summed E-state index contributed by atoms with van der Waals surface area (Å²) in [7, 11) is 0. The third kappa shape index (κ3) is 3.30. The van der Waals surface area contributed by atoms with Gasteiger partial charge in [0.15, 0.2) is 0 Å². The van der Waals surface area contributed by atoms with Gasteiger partial charge in [0.05, 0.1) is 5.92 Å². The summed E-state index contributed by atoms with van der Waals surface area (Å²) in [6.45, 7) is 0.690. The second kappa shape index (κ2) is 6.46. The van der Waals surface area contributed by atoms with Crippen LogP contribution in [0.4, 0.5) is 4.79 Å². The van der Waals surface area contributed by atoms with Gasteiger partial charge in [-0.2, -0.15) is 11.8 Å². The second-order valence-electron chi connectivity index (χ2n) is 6.57. The van der Waals surface area contributed by atoms with Crippen LogP contribution in [-0.4, -0.2) is 40.7 Å². The highest BCUT2D eigenvalue weighted by atomic mass is 32.2. The highest BCUT2D eigenvalue weighted by molar-refractivity contribution is 7.99. The van der Waals surface area contributed by atoms with Gasteiger partial charge >= 0.3 is 12.0 Å². The van der Waals surface area contributed by atoms with Crippen molar-refractivity contribution in [2.45, 2.75) is 49.8 Å². The molecule has 0 radical (unpaired) electrons. The zero-order valence-corrected chi connectivity index (χ0v) is 13.0. The van der Waals surface area contributed by atoms with Gasteiger partial charge in [0.2, 0.25) is 0 Å². The summed E-state index contributed by atoms with van der Waals surface area (Å²) >= 11 is 1.93. The van der Waals surface area contributed by atoms with Gasteiger partial charge < -0.3 is 15.7 Å². The molecule has 2 bridgehead atoms. The zero-order chi connectivity index (χ0) is 14.8. The van der Waals surface area contributed by atoms with Crippen LogP contribution in [0.25, 0.3) is 0 Å². The largest absolute Gasteiger partial charge is 0.481 e. The van der Waals surface area contributed by atoms with Gasteiger partial charge in [-0.1, -0.05) is 6.42 Å². The molecular formula is C15H24N2O3S. The lowest BCUT2D eigenvalue weighted by Gasteiger charge is -2.29. The van der Waals surface area contributed by atoms with Crippen molar-refractivity contribution < 1.29 is 14.7 Å². The lowest BCUT2D eigenvalue weighted by molar-refractivity contribution is -0.144. The minimum atomic E-state index is -0.754. The Labute approximate surface area is 129 Å². The summed E-state index contributed by atoms with van der Waals surface area (Å²) in [5.41, 5.74) is 0. The van der Waals surface area contributed by atoms with Crippen LogP contribution in [0.2, 0.25) is 0 Å². The molecule has 3 aliphatic rings. The van der Waals surface area contributed by atoms with Crippen molar-refractivity contribution in [3.8, 4) is 0 Å². The Balaban J connectivity index is 1.48. The van der Waals surface area contributed by atoms with Gasteiger partial charge in [-0.05, 0) is 49.7 Å². The lowest BCUT2D eigenvalue weighted by atomic mass is 9.84. The first-order valence-corrected chi connectivity index (χ1v) is 9.09. The van der Waals surface area contributed by atoms with E-state index in [-0.39, 0.29) is 18.0 Å². The monoisotopic (exact) mass is 312 g/mol. The summed E-state index contributed by atoms with van der Waals surface area (Å²) in [6, 6.07) is -0.370. The Morgan fingerprint density at radius 1 is 1.14 bits per heavy atom. The van der Waals surface area contributed by atoms with E-state index in [1.165, 1.54) is 18.6 Å². The number of fused-ring (bicyclic) bond motifs is 2. The molecule has 6 heteroatoms. The number of carbonyl (C=O) groups excluding carboxylic acids is 1. The highest BCUT2D eigenvalue weighted by Crippen LogP contribution is 2.48. The number of hydrogen-bond acceptors (Lipinski definition) is 3. The van der Waals surface area contributed by atoms with Crippen molar-refractivity contribution in [1.82, 2.24) is 10.6 Å². The molecule has 1 saturated heterocycles. The van der Waals surface area contributed by atoms with Crippen molar-refractivity contribution in [1.29, 1.82) is 0 Å². The second-order valence-corrected chi connectivity index (χ2v) is 7.97. The molecule has 0 spiro atoms. The normalized spacial score (nSPS) is 38.2. The number of urea groups is 1. The molecule has 2 saturated carbocycles. The van der Waals surface area contributed by atoms with Gasteiger partial charge in [0.25, 0.3) is 0 Å². The van der Waals surface area contributed by atoms with Crippen LogP contribution in [0, 0.1) is 17.8 Å². The summed E-state index contributed by atoms with van der Waals surface area (Å²) in [4.78, 5) is 23.5. The van der Waals surface area contributed by atoms with E-state index in [9.17, 15) is 14.7 Å². The molecular weight excluding hydrogens is 288 g/mol. The van der Waals surface area contributed by atoms with Gasteiger partial charge in [-0.25, -0.2) is 4.79 Å². The molecule has 0 aromatic rings. The molecule has 0 aromatic carbocycles. The molecule has 0 aromatic heterocycles. The van der Waals surface area contributed by atoms with Gasteiger partial charge in [0, 0.05) is 17.8 Å². The van der Waals surface area contributed by atoms with Crippen LogP contribution >= 0.6 is 11.8 Å². The third-order valence-corrected chi connectivity index (χ3v) is 6.66. The predicted octanol–water partition coefficient (Wildman–Crippen LogP) is 2.07. The summed E-state index contributed by atoms with van der Waals surface area (Å²) < 4.78 is 0. The maximum atomic E-state index is 12.1. The van der Waals surface area contributed by atoms with Crippen LogP contribution in [0.5, 0.6) is 0 Å². The SMILES string of the molecule is O=C(NCC1CCCCS1)NC1C2CCC(C2)C1C(=O)O. The van der Waals surface area contributed by atoms with Gasteiger partial charge in [0.1, 0.15) is 0 Å². The number of aliphatic carboxylic acids is 1. The zero-order valence-electron chi connectivity index (χ0n) is 12.2. The number of rotatable bonds is 4. The van der Waals surface area contributed by atoms with E-state index < -0.39 is 11.9 Å². The molecule has 3 N–H and O–H groups in total. The predicted molar refractivity (Wildman–Crippen MR) is 82.4 cm³/mol. The van der Waals surface area contributed by atoms with E-state index in [0.29, 0.717) is 17.7 Å². The van der Waals surface area contributed by atoms with E-state index in [1.54, 1.807) is 0 Å². The van der Waals surface area contributed by atoms with E-state index >= 15 is 0 Å². The smallest absolute Gasteiger partial charge is 0.315 e. The first-order chi connectivity index (χ1) is 10.1. The minimum Gasteiger partial charge on any atom is -0.481 e. The van der Waals surface area contributed by atoms with Crippen LogP contribution in [0.1, 0.15) is 38.5 Å². The summed E-state index contributed by atoms with van der Waals surface area (Å²) in [6.07, 6.45) is 6.70. The number of amides is 2. The van der Waals surface area contributed by atoms with Crippen molar-refractivity contribution in [3.05, 3.63) is 0 Å². The minimum absolute atomic E-state index is 0.180. The van der Waals surface area contributed by atoms with Crippen molar-refractivity contribution in [3.63, 3.8) is 0 Å². The molecule has 1 heterocycles. The van der Waals surface area contributed by atoms with E-state index in [2.05, 4.69) is 10.6 Å².